The average Bonchev–Trinajstić information content (AvgIpc) is 3.30. The van der Waals surface area contributed by atoms with Gasteiger partial charge in [-0.1, -0.05) is 24.3 Å². The maximum atomic E-state index is 12.6. The lowest BCUT2D eigenvalue weighted by atomic mass is 10.1. The minimum absolute atomic E-state index is 0.0270. The van der Waals surface area contributed by atoms with Crippen LogP contribution in [0, 0.1) is 12.8 Å². The maximum absolute atomic E-state index is 12.6. The molecular weight excluding hydrogens is 366 g/mol. The van der Waals surface area contributed by atoms with Gasteiger partial charge in [-0.2, -0.15) is 0 Å². The topological polar surface area (TPSA) is 69.7 Å². The van der Waals surface area contributed by atoms with Gasteiger partial charge < -0.3 is 15.1 Å². The van der Waals surface area contributed by atoms with E-state index in [4.69, 9.17) is 0 Å². The number of aryl methyl sites for hydroxylation is 1. The van der Waals surface area contributed by atoms with Crippen LogP contribution in [-0.2, 0) is 27.3 Å². The molecule has 1 saturated heterocycles. The van der Waals surface area contributed by atoms with E-state index in [1.807, 2.05) is 49.4 Å². The Balaban J connectivity index is 1.42. The van der Waals surface area contributed by atoms with Crippen molar-refractivity contribution in [3.8, 4) is 0 Å². The molecule has 2 aliphatic heterocycles. The first kappa shape index (κ1) is 19.2. The van der Waals surface area contributed by atoms with Crippen LogP contribution in [0.25, 0.3) is 0 Å². The molecule has 4 rings (SSSR count). The Bertz CT molecular complexity index is 985. The minimum atomic E-state index is -0.353. The minimum Gasteiger partial charge on any atom is -0.352 e. The first-order valence-corrected chi connectivity index (χ1v) is 9.97. The van der Waals surface area contributed by atoms with E-state index in [1.165, 1.54) is 0 Å². The standard InChI is InChI=1S/C23H25N3O3/c1-15-5-3-4-6-18(15)13-24-23(29)19-12-22(28)26(14-19)20-7-8-21-17(11-20)9-10-25(21)16(2)27/h3-8,11,19H,9-10,12-14H2,1-2H3,(H,24,29)/t19-/m0/s1. The fourth-order valence-electron chi connectivity index (χ4n) is 4.15. The summed E-state index contributed by atoms with van der Waals surface area (Å²) in [6.07, 6.45) is 1.00. The van der Waals surface area contributed by atoms with Crippen LogP contribution in [0.2, 0.25) is 0 Å². The quantitative estimate of drug-likeness (QED) is 0.871. The average molecular weight is 391 g/mol. The zero-order chi connectivity index (χ0) is 20.5. The van der Waals surface area contributed by atoms with Gasteiger partial charge in [-0.15, -0.1) is 0 Å². The predicted molar refractivity (Wildman–Crippen MR) is 112 cm³/mol. The molecular formula is C23H25N3O3. The molecule has 0 spiro atoms. The molecule has 6 nitrogen and oxygen atoms in total. The number of fused-ring (bicyclic) bond motifs is 1. The SMILES string of the molecule is CC(=O)N1CCc2cc(N3C[C@@H](C(=O)NCc4ccccc4C)CC3=O)ccc21. The van der Waals surface area contributed by atoms with Crippen LogP contribution in [0.5, 0.6) is 0 Å². The van der Waals surface area contributed by atoms with Crippen molar-refractivity contribution in [1.29, 1.82) is 0 Å². The zero-order valence-electron chi connectivity index (χ0n) is 16.8. The third-order valence-corrected chi connectivity index (χ3v) is 5.86. The molecule has 29 heavy (non-hydrogen) atoms. The summed E-state index contributed by atoms with van der Waals surface area (Å²) in [5, 5.41) is 2.97. The van der Waals surface area contributed by atoms with Crippen LogP contribution < -0.4 is 15.1 Å². The Morgan fingerprint density at radius 2 is 1.97 bits per heavy atom. The highest BCUT2D eigenvalue weighted by Crippen LogP contribution is 2.34. The third kappa shape index (κ3) is 3.75. The molecule has 1 fully saturated rings. The lowest BCUT2D eigenvalue weighted by Crippen LogP contribution is -2.32. The molecule has 1 atom stereocenters. The first-order chi connectivity index (χ1) is 13.9. The molecule has 2 aromatic carbocycles. The molecule has 6 heteroatoms. The predicted octanol–water partition coefficient (Wildman–Crippen LogP) is 2.57. The van der Waals surface area contributed by atoms with Crippen LogP contribution >= 0.6 is 0 Å². The second kappa shape index (κ2) is 7.70. The van der Waals surface area contributed by atoms with E-state index in [1.54, 1.807) is 16.7 Å². The monoisotopic (exact) mass is 391 g/mol. The largest absolute Gasteiger partial charge is 0.352 e. The Hall–Kier alpha value is -3.15. The Labute approximate surface area is 170 Å². The molecule has 2 aromatic rings. The molecule has 0 aromatic heterocycles. The van der Waals surface area contributed by atoms with Crippen molar-refractivity contribution in [1.82, 2.24) is 5.32 Å². The van der Waals surface area contributed by atoms with E-state index in [0.29, 0.717) is 19.6 Å². The van der Waals surface area contributed by atoms with Crippen LogP contribution in [0.4, 0.5) is 11.4 Å². The van der Waals surface area contributed by atoms with Crippen molar-refractivity contribution in [2.75, 3.05) is 22.9 Å². The lowest BCUT2D eigenvalue weighted by Gasteiger charge is -2.19. The molecule has 0 aliphatic carbocycles. The third-order valence-electron chi connectivity index (χ3n) is 5.86. The number of amides is 3. The summed E-state index contributed by atoms with van der Waals surface area (Å²) in [6.45, 7) is 5.10. The molecule has 0 bridgehead atoms. The highest BCUT2D eigenvalue weighted by Gasteiger charge is 2.35. The van der Waals surface area contributed by atoms with Crippen LogP contribution in [0.1, 0.15) is 30.0 Å². The Kier molecular flexibility index (Phi) is 5.09. The van der Waals surface area contributed by atoms with E-state index in [2.05, 4.69) is 5.32 Å². The van der Waals surface area contributed by atoms with E-state index in [0.717, 1.165) is 34.5 Å². The number of anilines is 2. The van der Waals surface area contributed by atoms with Crippen LogP contribution in [0.15, 0.2) is 42.5 Å². The van der Waals surface area contributed by atoms with E-state index < -0.39 is 0 Å². The van der Waals surface area contributed by atoms with E-state index in [-0.39, 0.29) is 30.1 Å². The first-order valence-electron chi connectivity index (χ1n) is 9.97. The zero-order valence-corrected chi connectivity index (χ0v) is 16.8. The van der Waals surface area contributed by atoms with Gasteiger partial charge in [0.25, 0.3) is 0 Å². The lowest BCUT2D eigenvalue weighted by molar-refractivity contribution is -0.126. The van der Waals surface area contributed by atoms with Crippen molar-refractivity contribution in [2.45, 2.75) is 33.2 Å². The Morgan fingerprint density at radius 1 is 1.17 bits per heavy atom. The number of nitrogens with zero attached hydrogens (tertiary/aromatic N) is 2. The summed E-state index contributed by atoms with van der Waals surface area (Å²) < 4.78 is 0. The summed E-state index contributed by atoms with van der Waals surface area (Å²) in [5.74, 6) is -0.456. The number of hydrogen-bond donors (Lipinski definition) is 1. The number of rotatable bonds is 4. The number of nitrogens with one attached hydrogen (secondary N) is 1. The van der Waals surface area contributed by atoms with E-state index >= 15 is 0 Å². The summed E-state index contributed by atoms with van der Waals surface area (Å²) in [7, 11) is 0. The normalized spacial score (nSPS) is 18.1. The van der Waals surface area contributed by atoms with Crippen molar-refractivity contribution >= 4 is 29.1 Å². The number of hydrogen-bond acceptors (Lipinski definition) is 3. The second-order valence-corrected chi connectivity index (χ2v) is 7.78. The summed E-state index contributed by atoms with van der Waals surface area (Å²) in [5.41, 5.74) is 5.00. The molecule has 3 amide bonds. The maximum Gasteiger partial charge on any atom is 0.227 e. The molecule has 2 aliphatic rings. The van der Waals surface area contributed by atoms with Crippen molar-refractivity contribution in [3.05, 3.63) is 59.2 Å². The second-order valence-electron chi connectivity index (χ2n) is 7.78. The molecule has 2 heterocycles. The highest BCUT2D eigenvalue weighted by atomic mass is 16.2. The van der Waals surface area contributed by atoms with Crippen molar-refractivity contribution in [3.63, 3.8) is 0 Å². The Morgan fingerprint density at radius 3 is 2.72 bits per heavy atom. The van der Waals surface area contributed by atoms with Crippen LogP contribution in [-0.4, -0.2) is 30.8 Å². The van der Waals surface area contributed by atoms with Gasteiger partial charge in [-0.25, -0.2) is 0 Å². The van der Waals surface area contributed by atoms with Crippen molar-refractivity contribution in [2.24, 2.45) is 5.92 Å². The molecule has 150 valence electrons. The van der Waals surface area contributed by atoms with Gasteiger partial charge in [-0.3, -0.25) is 14.4 Å². The van der Waals surface area contributed by atoms with Crippen LogP contribution in [0.3, 0.4) is 0 Å². The van der Waals surface area contributed by atoms with Gasteiger partial charge in [0.15, 0.2) is 0 Å². The van der Waals surface area contributed by atoms with Gasteiger partial charge >= 0.3 is 0 Å². The summed E-state index contributed by atoms with van der Waals surface area (Å²) in [4.78, 5) is 40.4. The van der Waals surface area contributed by atoms with Crippen molar-refractivity contribution < 1.29 is 14.4 Å². The highest BCUT2D eigenvalue weighted by molar-refractivity contribution is 6.01. The summed E-state index contributed by atoms with van der Waals surface area (Å²) >= 11 is 0. The molecule has 1 N–H and O–H groups in total. The number of carbonyl (C=O) groups excluding carboxylic acids is 3. The van der Waals surface area contributed by atoms with E-state index in [9.17, 15) is 14.4 Å². The van der Waals surface area contributed by atoms with Gasteiger partial charge in [-0.05, 0) is 48.2 Å². The molecule has 0 unspecified atom stereocenters. The van der Waals surface area contributed by atoms with Gasteiger partial charge in [0.2, 0.25) is 17.7 Å². The summed E-state index contributed by atoms with van der Waals surface area (Å²) in [6, 6.07) is 13.7. The van der Waals surface area contributed by atoms with Gasteiger partial charge in [0, 0.05) is 44.4 Å². The van der Waals surface area contributed by atoms with Gasteiger partial charge in [0.1, 0.15) is 0 Å². The fourth-order valence-corrected chi connectivity index (χ4v) is 4.15. The smallest absolute Gasteiger partial charge is 0.227 e. The number of benzene rings is 2. The molecule has 0 radical (unpaired) electrons. The number of carbonyl (C=O) groups is 3. The molecule has 0 saturated carbocycles. The van der Waals surface area contributed by atoms with Gasteiger partial charge in [0.05, 0.1) is 5.92 Å². The fraction of sp³-hybridized carbons (Fsp3) is 0.348.